The topological polar surface area (TPSA) is 35.9 Å². The number of likely N-dealkylation sites (N-methyl/N-ethyl adjacent to an activating group) is 1. The van der Waals surface area contributed by atoms with Crippen LogP contribution in [0.5, 0.6) is 11.5 Å². The molecular formula is C16H26N2O2. The highest BCUT2D eigenvalue weighted by Gasteiger charge is 2.13. The number of benzene rings is 1. The van der Waals surface area contributed by atoms with Gasteiger partial charge in [0, 0.05) is 26.2 Å². The highest BCUT2D eigenvalue weighted by Crippen LogP contribution is 2.30. The third kappa shape index (κ3) is 4.12. The Morgan fingerprint density at radius 1 is 1.20 bits per heavy atom. The highest BCUT2D eigenvalue weighted by molar-refractivity contribution is 5.45. The average Bonchev–Trinajstić information content (AvgIpc) is 2.45. The predicted molar refractivity (Wildman–Crippen MR) is 81.5 cm³/mol. The van der Waals surface area contributed by atoms with E-state index < -0.39 is 0 Å². The van der Waals surface area contributed by atoms with Crippen molar-refractivity contribution in [1.82, 2.24) is 9.80 Å². The average molecular weight is 278 g/mol. The zero-order chi connectivity index (χ0) is 14.4. The molecule has 112 valence electrons. The Morgan fingerprint density at radius 2 is 1.95 bits per heavy atom. The molecule has 1 aliphatic rings. The number of nitrogens with zero attached hydrogens (tertiary/aromatic N) is 2. The predicted octanol–water partition coefficient (Wildman–Crippen LogP) is 1.97. The van der Waals surface area contributed by atoms with Crippen molar-refractivity contribution in [3.8, 4) is 11.5 Å². The number of phenolic OH excluding ortho intramolecular Hbond substituents is 1. The van der Waals surface area contributed by atoms with Gasteiger partial charge in [0.15, 0.2) is 11.5 Å². The summed E-state index contributed by atoms with van der Waals surface area (Å²) in [7, 11) is 2.18. The molecule has 0 amide bonds. The van der Waals surface area contributed by atoms with Gasteiger partial charge in [-0.3, -0.25) is 0 Å². The van der Waals surface area contributed by atoms with E-state index in [9.17, 15) is 5.11 Å². The van der Waals surface area contributed by atoms with E-state index in [0.717, 1.165) is 51.1 Å². The number of hydrogen-bond acceptors (Lipinski definition) is 4. The maximum Gasteiger partial charge on any atom is 0.161 e. The smallest absolute Gasteiger partial charge is 0.161 e. The molecule has 0 aromatic heterocycles. The fourth-order valence-electron chi connectivity index (χ4n) is 2.61. The van der Waals surface area contributed by atoms with Crippen molar-refractivity contribution in [3.05, 3.63) is 23.8 Å². The van der Waals surface area contributed by atoms with Gasteiger partial charge in [-0.1, -0.05) is 12.1 Å². The first kappa shape index (κ1) is 15.1. The first-order chi connectivity index (χ1) is 9.70. The Kier molecular flexibility index (Phi) is 5.68. The molecular weight excluding hydrogens is 252 g/mol. The molecule has 1 heterocycles. The SMILES string of the molecule is CCOc1cccc(CCCN2CCN(C)CC2)c1O. The van der Waals surface area contributed by atoms with E-state index in [1.54, 1.807) is 0 Å². The standard InChI is InChI=1S/C16H26N2O2/c1-3-20-15-8-4-6-14(16(15)19)7-5-9-18-12-10-17(2)11-13-18/h4,6,8,19H,3,5,7,9-13H2,1-2H3. The van der Waals surface area contributed by atoms with E-state index in [1.165, 1.54) is 0 Å². The van der Waals surface area contributed by atoms with Gasteiger partial charge in [0.05, 0.1) is 6.61 Å². The summed E-state index contributed by atoms with van der Waals surface area (Å²) in [6.45, 7) is 8.24. The first-order valence-electron chi connectivity index (χ1n) is 7.55. The summed E-state index contributed by atoms with van der Waals surface area (Å²) >= 11 is 0. The van der Waals surface area contributed by atoms with Crippen LogP contribution in [0.4, 0.5) is 0 Å². The number of ether oxygens (including phenoxy) is 1. The number of aromatic hydroxyl groups is 1. The lowest BCUT2D eigenvalue weighted by Gasteiger charge is -2.32. The molecule has 0 bridgehead atoms. The summed E-state index contributed by atoms with van der Waals surface area (Å²) < 4.78 is 5.42. The van der Waals surface area contributed by atoms with E-state index in [-0.39, 0.29) is 0 Å². The summed E-state index contributed by atoms with van der Waals surface area (Å²) in [5.41, 5.74) is 0.991. The molecule has 1 fully saturated rings. The minimum atomic E-state index is 0.313. The van der Waals surface area contributed by atoms with Crippen molar-refractivity contribution < 1.29 is 9.84 Å². The van der Waals surface area contributed by atoms with Crippen LogP contribution in [0.2, 0.25) is 0 Å². The Hall–Kier alpha value is -1.26. The van der Waals surface area contributed by atoms with E-state index in [4.69, 9.17) is 4.74 Å². The highest BCUT2D eigenvalue weighted by atomic mass is 16.5. The lowest BCUT2D eigenvalue weighted by atomic mass is 10.1. The number of rotatable bonds is 6. The van der Waals surface area contributed by atoms with Crippen LogP contribution in [0, 0.1) is 0 Å². The van der Waals surface area contributed by atoms with Crippen molar-refractivity contribution >= 4 is 0 Å². The molecule has 20 heavy (non-hydrogen) atoms. The van der Waals surface area contributed by atoms with Crippen molar-refractivity contribution in [3.63, 3.8) is 0 Å². The van der Waals surface area contributed by atoms with Gasteiger partial charge in [-0.2, -0.15) is 0 Å². The second-order valence-corrected chi connectivity index (χ2v) is 5.45. The van der Waals surface area contributed by atoms with Crippen molar-refractivity contribution in [2.24, 2.45) is 0 Å². The van der Waals surface area contributed by atoms with Gasteiger partial charge in [-0.15, -0.1) is 0 Å². The summed E-state index contributed by atoms with van der Waals surface area (Å²) in [5.74, 6) is 0.914. The van der Waals surface area contributed by atoms with E-state index in [2.05, 4.69) is 16.8 Å². The molecule has 0 unspecified atom stereocenters. The zero-order valence-corrected chi connectivity index (χ0v) is 12.6. The number of piperazine rings is 1. The van der Waals surface area contributed by atoms with Crippen LogP contribution in [-0.2, 0) is 6.42 Å². The summed E-state index contributed by atoms with van der Waals surface area (Å²) in [5, 5.41) is 10.1. The maximum absolute atomic E-state index is 10.1. The van der Waals surface area contributed by atoms with Gasteiger partial charge in [0.1, 0.15) is 0 Å². The molecule has 1 N–H and O–H groups in total. The zero-order valence-electron chi connectivity index (χ0n) is 12.6. The van der Waals surface area contributed by atoms with Crippen LogP contribution >= 0.6 is 0 Å². The Bertz CT molecular complexity index is 415. The monoisotopic (exact) mass is 278 g/mol. The molecule has 0 spiro atoms. The largest absolute Gasteiger partial charge is 0.504 e. The van der Waals surface area contributed by atoms with Crippen LogP contribution in [0.15, 0.2) is 18.2 Å². The van der Waals surface area contributed by atoms with Crippen LogP contribution in [0.25, 0.3) is 0 Å². The fourth-order valence-corrected chi connectivity index (χ4v) is 2.61. The summed E-state index contributed by atoms with van der Waals surface area (Å²) in [4.78, 5) is 4.87. The minimum absolute atomic E-state index is 0.313. The Morgan fingerprint density at radius 3 is 2.65 bits per heavy atom. The fraction of sp³-hybridized carbons (Fsp3) is 0.625. The second kappa shape index (κ2) is 7.50. The summed E-state index contributed by atoms with van der Waals surface area (Å²) in [6, 6.07) is 5.76. The van der Waals surface area contributed by atoms with E-state index >= 15 is 0 Å². The number of para-hydroxylation sites is 1. The molecule has 1 aromatic carbocycles. The Labute approximate surface area is 122 Å². The van der Waals surface area contributed by atoms with Gasteiger partial charge in [0.25, 0.3) is 0 Å². The quantitative estimate of drug-likeness (QED) is 0.863. The molecule has 0 radical (unpaired) electrons. The third-order valence-electron chi connectivity index (χ3n) is 3.90. The first-order valence-corrected chi connectivity index (χ1v) is 7.55. The van der Waals surface area contributed by atoms with Crippen LogP contribution in [0.1, 0.15) is 18.9 Å². The molecule has 0 saturated carbocycles. The van der Waals surface area contributed by atoms with Gasteiger partial charge >= 0.3 is 0 Å². The van der Waals surface area contributed by atoms with Gasteiger partial charge in [-0.25, -0.2) is 0 Å². The molecule has 0 aliphatic carbocycles. The molecule has 0 atom stereocenters. The Balaban J connectivity index is 1.80. The normalized spacial score (nSPS) is 17.3. The molecule has 1 aliphatic heterocycles. The van der Waals surface area contributed by atoms with Crippen molar-refractivity contribution in [2.45, 2.75) is 19.8 Å². The van der Waals surface area contributed by atoms with Crippen LogP contribution < -0.4 is 4.74 Å². The molecule has 1 saturated heterocycles. The van der Waals surface area contributed by atoms with E-state index in [1.807, 2.05) is 25.1 Å². The van der Waals surface area contributed by atoms with Gasteiger partial charge < -0.3 is 19.6 Å². The minimum Gasteiger partial charge on any atom is -0.504 e. The summed E-state index contributed by atoms with van der Waals surface area (Å²) in [6.07, 6.45) is 1.98. The maximum atomic E-state index is 10.1. The van der Waals surface area contributed by atoms with Crippen molar-refractivity contribution in [2.75, 3.05) is 46.4 Å². The van der Waals surface area contributed by atoms with Crippen LogP contribution in [-0.4, -0.2) is 61.3 Å². The molecule has 4 nitrogen and oxygen atoms in total. The number of phenols is 1. The third-order valence-corrected chi connectivity index (χ3v) is 3.90. The molecule has 2 rings (SSSR count). The molecule has 1 aromatic rings. The number of aryl methyl sites for hydroxylation is 1. The molecule has 4 heteroatoms. The number of hydrogen-bond donors (Lipinski definition) is 1. The van der Waals surface area contributed by atoms with Crippen molar-refractivity contribution in [1.29, 1.82) is 0 Å². The lowest BCUT2D eigenvalue weighted by molar-refractivity contribution is 0.153. The van der Waals surface area contributed by atoms with E-state index in [0.29, 0.717) is 18.1 Å². The van der Waals surface area contributed by atoms with Crippen LogP contribution in [0.3, 0.4) is 0 Å². The second-order valence-electron chi connectivity index (χ2n) is 5.45. The van der Waals surface area contributed by atoms with Gasteiger partial charge in [0.2, 0.25) is 0 Å². The van der Waals surface area contributed by atoms with Gasteiger partial charge in [-0.05, 0) is 45.0 Å². The lowest BCUT2D eigenvalue weighted by Crippen LogP contribution is -2.44.